The molecule has 38 heavy (non-hydrogen) atoms. The van der Waals surface area contributed by atoms with Gasteiger partial charge in [-0.15, -0.1) is 5.47 Å². The number of hydrogen-bond donors (Lipinski definition) is 0. The van der Waals surface area contributed by atoms with Crippen LogP contribution in [0.4, 0.5) is 0 Å². The molecule has 4 saturated carbocycles. The molecule has 4 aliphatic rings. The van der Waals surface area contributed by atoms with Gasteiger partial charge in [-0.2, -0.15) is 0 Å². The lowest BCUT2D eigenvalue weighted by Gasteiger charge is -2.39. The molecule has 0 aromatic rings. The molecule has 0 amide bonds. The van der Waals surface area contributed by atoms with Crippen molar-refractivity contribution in [3.05, 3.63) is 23.1 Å². The number of unbranched alkanes of at least 4 members (excludes halogenated alkanes) is 3. The van der Waals surface area contributed by atoms with Gasteiger partial charge in [0.2, 0.25) is 0 Å². The van der Waals surface area contributed by atoms with Crippen LogP contribution in [0.15, 0.2) is 23.1 Å². The molecule has 0 spiro atoms. The SMILES string of the molecule is CCCC/C=C(\C=C(/CCCC)B(C1CCCCC1)C1CCCCC1)B(C1CCCCC1)C1CCCCC1. The van der Waals surface area contributed by atoms with Gasteiger partial charge in [0, 0.05) is 0 Å². The molecule has 0 nitrogen and oxygen atoms in total. The summed E-state index contributed by atoms with van der Waals surface area (Å²) in [5.74, 6) is 3.89. The van der Waals surface area contributed by atoms with Crippen molar-refractivity contribution in [2.45, 2.75) is 204 Å². The van der Waals surface area contributed by atoms with Gasteiger partial charge < -0.3 is 0 Å². The van der Waals surface area contributed by atoms with Crippen LogP contribution in [0.2, 0.25) is 23.3 Å². The summed E-state index contributed by atoms with van der Waals surface area (Å²) in [5.41, 5.74) is 3.81. The minimum atomic E-state index is 0.863. The van der Waals surface area contributed by atoms with Crippen LogP contribution in [-0.4, -0.2) is 13.4 Å². The molecule has 4 rings (SSSR count). The quantitative estimate of drug-likeness (QED) is 0.129. The molecule has 0 aromatic heterocycles. The van der Waals surface area contributed by atoms with Gasteiger partial charge in [-0.1, -0.05) is 209 Å². The topological polar surface area (TPSA) is 0 Å². The van der Waals surface area contributed by atoms with Crippen molar-refractivity contribution in [3.8, 4) is 0 Å². The zero-order valence-electron chi connectivity index (χ0n) is 26.0. The lowest BCUT2D eigenvalue weighted by Crippen LogP contribution is -2.35. The summed E-state index contributed by atoms with van der Waals surface area (Å²) in [6, 6.07) is 0. The zero-order chi connectivity index (χ0) is 26.4. The minimum Gasteiger partial charge on any atom is -0.101 e. The Kier molecular flexibility index (Phi) is 14.0. The second-order valence-corrected chi connectivity index (χ2v) is 14.3. The van der Waals surface area contributed by atoms with E-state index in [0.717, 1.165) is 36.7 Å². The van der Waals surface area contributed by atoms with Crippen molar-refractivity contribution >= 4 is 13.4 Å². The lowest BCUT2D eigenvalue weighted by molar-refractivity contribution is 0.462. The molecule has 0 radical (unpaired) electrons. The predicted molar refractivity (Wildman–Crippen MR) is 174 cm³/mol. The van der Waals surface area contributed by atoms with Gasteiger partial charge >= 0.3 is 0 Å². The molecule has 0 heterocycles. The third kappa shape index (κ3) is 9.06. The van der Waals surface area contributed by atoms with Crippen LogP contribution in [-0.2, 0) is 0 Å². The van der Waals surface area contributed by atoms with Gasteiger partial charge in [-0.05, 0) is 12.8 Å². The van der Waals surface area contributed by atoms with E-state index in [1.54, 1.807) is 0 Å². The molecule has 0 atom stereocenters. The second-order valence-electron chi connectivity index (χ2n) is 14.3. The molecule has 0 bridgehead atoms. The van der Waals surface area contributed by atoms with Crippen LogP contribution < -0.4 is 0 Å². The standard InChI is InChI=1S/C36H64B2/c1-3-5-11-29-36(38(33-25-16-9-17-26-33)34-27-18-10-19-28-34)30-35(20-6-4-2)37(31-21-12-7-13-22-31)32-23-14-8-15-24-32/h29-34H,3-28H2,1-2H3/b35-30+,36-29+. The van der Waals surface area contributed by atoms with E-state index in [1.165, 1.54) is 167 Å². The summed E-state index contributed by atoms with van der Waals surface area (Å²) >= 11 is 0. The Hall–Kier alpha value is -0.390. The zero-order valence-corrected chi connectivity index (χ0v) is 26.0. The highest BCUT2D eigenvalue weighted by atomic mass is 14.2. The highest BCUT2D eigenvalue weighted by molar-refractivity contribution is 6.72. The fourth-order valence-electron chi connectivity index (χ4n) is 9.59. The average Bonchev–Trinajstić information content (AvgIpc) is 2.98. The average molecular weight is 519 g/mol. The molecule has 4 fully saturated rings. The van der Waals surface area contributed by atoms with Crippen LogP contribution >= 0.6 is 0 Å². The first-order chi connectivity index (χ1) is 18.8. The molecule has 0 aliphatic heterocycles. The summed E-state index contributed by atoms with van der Waals surface area (Å²) in [7, 11) is 0. The molecular formula is C36H64B2. The maximum absolute atomic E-state index is 2.97. The Morgan fingerprint density at radius 3 is 1.32 bits per heavy atom. The van der Waals surface area contributed by atoms with E-state index in [1.807, 2.05) is 10.9 Å². The maximum Gasteiger partial charge on any atom is 0.181 e. The first-order valence-corrected chi connectivity index (χ1v) is 18.2. The minimum absolute atomic E-state index is 0.863. The van der Waals surface area contributed by atoms with E-state index in [0.29, 0.717) is 0 Å². The van der Waals surface area contributed by atoms with Crippen LogP contribution in [0.25, 0.3) is 0 Å². The molecule has 0 unspecified atom stereocenters. The maximum atomic E-state index is 2.97. The summed E-state index contributed by atoms with van der Waals surface area (Å²) in [5, 5.41) is 0. The highest BCUT2D eigenvalue weighted by Crippen LogP contribution is 2.48. The molecule has 0 aromatic carbocycles. The van der Waals surface area contributed by atoms with Crippen molar-refractivity contribution in [3.63, 3.8) is 0 Å². The van der Waals surface area contributed by atoms with Gasteiger partial charge in [0.25, 0.3) is 0 Å². The van der Waals surface area contributed by atoms with Gasteiger partial charge in [-0.3, -0.25) is 0 Å². The first kappa shape index (κ1) is 30.6. The summed E-state index contributed by atoms with van der Waals surface area (Å²) in [6.45, 7) is 6.58. The van der Waals surface area contributed by atoms with E-state index in [9.17, 15) is 0 Å². The van der Waals surface area contributed by atoms with Crippen LogP contribution in [0.1, 0.15) is 181 Å². The van der Waals surface area contributed by atoms with Crippen molar-refractivity contribution in [2.75, 3.05) is 0 Å². The normalized spacial score (nSPS) is 24.1. The Morgan fingerprint density at radius 2 is 0.921 bits per heavy atom. The number of rotatable bonds is 13. The molecule has 4 aliphatic carbocycles. The van der Waals surface area contributed by atoms with E-state index < -0.39 is 0 Å². The van der Waals surface area contributed by atoms with Gasteiger partial charge in [0.15, 0.2) is 13.4 Å². The lowest BCUT2D eigenvalue weighted by atomic mass is 9.24. The Bertz CT molecular complexity index is 648. The monoisotopic (exact) mass is 519 g/mol. The third-order valence-corrected chi connectivity index (χ3v) is 11.6. The second kappa shape index (κ2) is 17.4. The van der Waals surface area contributed by atoms with Gasteiger partial charge in [-0.25, -0.2) is 0 Å². The third-order valence-electron chi connectivity index (χ3n) is 11.6. The fourth-order valence-corrected chi connectivity index (χ4v) is 9.59. The van der Waals surface area contributed by atoms with Gasteiger partial charge in [0.1, 0.15) is 0 Å². The fraction of sp³-hybridized carbons (Fsp3) is 0.889. The molecule has 0 N–H and O–H groups in total. The van der Waals surface area contributed by atoms with Crippen LogP contribution in [0.5, 0.6) is 0 Å². The Morgan fingerprint density at radius 1 is 0.526 bits per heavy atom. The van der Waals surface area contributed by atoms with E-state index in [-0.39, 0.29) is 0 Å². The first-order valence-electron chi connectivity index (χ1n) is 18.2. The number of allylic oxidation sites excluding steroid dienone is 4. The van der Waals surface area contributed by atoms with E-state index in [2.05, 4.69) is 26.0 Å². The molecular weight excluding hydrogens is 454 g/mol. The van der Waals surface area contributed by atoms with Crippen molar-refractivity contribution in [1.29, 1.82) is 0 Å². The van der Waals surface area contributed by atoms with Crippen molar-refractivity contribution in [1.82, 2.24) is 0 Å². The Labute approximate surface area is 240 Å². The summed E-state index contributed by atoms with van der Waals surface area (Å²) in [4.78, 5) is 0. The largest absolute Gasteiger partial charge is 0.181 e. The van der Waals surface area contributed by atoms with E-state index >= 15 is 0 Å². The molecule has 214 valence electrons. The van der Waals surface area contributed by atoms with Crippen molar-refractivity contribution < 1.29 is 0 Å². The van der Waals surface area contributed by atoms with E-state index in [4.69, 9.17) is 0 Å². The summed E-state index contributed by atoms with van der Waals surface area (Å²) in [6.07, 6.45) is 44.1. The number of hydrogen-bond acceptors (Lipinski definition) is 0. The molecule has 2 heteroatoms. The Balaban J connectivity index is 1.72. The van der Waals surface area contributed by atoms with Crippen molar-refractivity contribution in [2.24, 2.45) is 0 Å². The molecule has 0 saturated heterocycles. The van der Waals surface area contributed by atoms with Gasteiger partial charge in [0.05, 0.1) is 0 Å². The van der Waals surface area contributed by atoms with Crippen LogP contribution in [0, 0.1) is 0 Å². The predicted octanol–water partition coefficient (Wildman–Crippen LogP) is 12.6. The smallest absolute Gasteiger partial charge is 0.101 e. The summed E-state index contributed by atoms with van der Waals surface area (Å²) < 4.78 is 0. The van der Waals surface area contributed by atoms with Crippen LogP contribution in [0.3, 0.4) is 0 Å². The highest BCUT2D eigenvalue weighted by Gasteiger charge is 2.39.